The number of benzene rings is 1. The quantitative estimate of drug-likeness (QED) is 0.764. The molecule has 0 aliphatic heterocycles. The maximum Gasteiger partial charge on any atom is 0.200 e. The molecular formula is C16H20N2O3. The number of hydrogen-bond acceptors (Lipinski definition) is 5. The molecule has 1 aromatic carbocycles. The third kappa shape index (κ3) is 4.10. The topological polar surface area (TPSA) is 63.6 Å². The molecule has 5 nitrogen and oxygen atoms in total. The van der Waals surface area contributed by atoms with Crippen molar-refractivity contribution in [1.82, 2.24) is 10.3 Å². The third-order valence-corrected chi connectivity index (χ3v) is 3.21. The monoisotopic (exact) mass is 288 g/mol. The number of nitrogens with zero attached hydrogens (tertiary/aromatic N) is 1. The summed E-state index contributed by atoms with van der Waals surface area (Å²) in [5, 5.41) is 13.2. The van der Waals surface area contributed by atoms with Crippen molar-refractivity contribution >= 4 is 0 Å². The van der Waals surface area contributed by atoms with Crippen LogP contribution in [-0.2, 0) is 13.0 Å². The molecule has 1 aromatic heterocycles. The predicted octanol–water partition coefficient (Wildman–Crippen LogP) is 2.14. The Morgan fingerprint density at radius 1 is 1.05 bits per heavy atom. The fourth-order valence-corrected chi connectivity index (χ4v) is 2.06. The highest BCUT2D eigenvalue weighted by Crippen LogP contribution is 2.36. The van der Waals surface area contributed by atoms with Crippen LogP contribution in [0.4, 0.5) is 0 Å². The maximum absolute atomic E-state index is 9.86. The second-order valence-electron chi connectivity index (χ2n) is 4.63. The number of nitrogens with one attached hydrogen (secondary N) is 1. The molecule has 0 unspecified atom stereocenters. The van der Waals surface area contributed by atoms with Crippen LogP contribution in [0.5, 0.6) is 17.2 Å². The standard InChI is InChI=1S/C16H20N2O3/c1-20-14-9-13(10-15(21-2)16(14)19)11-18-8-5-12-3-6-17-7-4-12/h3-4,6-7,9-10,18-19H,5,8,11H2,1-2H3. The second-order valence-corrected chi connectivity index (χ2v) is 4.63. The molecule has 0 aliphatic rings. The van der Waals surface area contributed by atoms with Crippen molar-refractivity contribution in [3.05, 3.63) is 47.8 Å². The number of phenols is 1. The largest absolute Gasteiger partial charge is 0.502 e. The van der Waals surface area contributed by atoms with Gasteiger partial charge in [0.1, 0.15) is 0 Å². The molecule has 0 spiro atoms. The van der Waals surface area contributed by atoms with Crippen molar-refractivity contribution in [1.29, 1.82) is 0 Å². The van der Waals surface area contributed by atoms with Crippen molar-refractivity contribution in [3.8, 4) is 17.2 Å². The average molecular weight is 288 g/mol. The zero-order valence-electron chi connectivity index (χ0n) is 12.3. The van der Waals surface area contributed by atoms with Gasteiger partial charge in [-0.25, -0.2) is 0 Å². The summed E-state index contributed by atoms with van der Waals surface area (Å²) in [7, 11) is 3.05. The van der Waals surface area contributed by atoms with Gasteiger partial charge >= 0.3 is 0 Å². The van der Waals surface area contributed by atoms with Gasteiger partial charge in [0.2, 0.25) is 5.75 Å². The van der Waals surface area contributed by atoms with Gasteiger partial charge in [-0.15, -0.1) is 0 Å². The summed E-state index contributed by atoms with van der Waals surface area (Å²) < 4.78 is 10.3. The van der Waals surface area contributed by atoms with Crippen LogP contribution in [0.1, 0.15) is 11.1 Å². The lowest BCUT2D eigenvalue weighted by atomic mass is 10.1. The van der Waals surface area contributed by atoms with E-state index in [2.05, 4.69) is 10.3 Å². The molecule has 5 heteroatoms. The molecule has 0 fully saturated rings. The number of hydrogen-bond donors (Lipinski definition) is 2. The van der Waals surface area contributed by atoms with E-state index in [1.807, 2.05) is 12.1 Å². The Morgan fingerprint density at radius 2 is 1.67 bits per heavy atom. The van der Waals surface area contributed by atoms with E-state index in [1.165, 1.54) is 19.8 Å². The van der Waals surface area contributed by atoms with E-state index in [0.29, 0.717) is 18.0 Å². The lowest BCUT2D eigenvalue weighted by Gasteiger charge is -2.12. The number of phenolic OH excluding ortho intramolecular Hbond substituents is 1. The van der Waals surface area contributed by atoms with Crippen molar-refractivity contribution in [2.45, 2.75) is 13.0 Å². The smallest absolute Gasteiger partial charge is 0.200 e. The minimum Gasteiger partial charge on any atom is -0.502 e. The first kappa shape index (κ1) is 15.1. The molecule has 0 saturated carbocycles. The Balaban J connectivity index is 1.91. The normalized spacial score (nSPS) is 10.4. The molecule has 112 valence electrons. The number of aromatic nitrogens is 1. The van der Waals surface area contributed by atoms with Crippen LogP contribution in [0.3, 0.4) is 0 Å². The molecule has 0 aliphatic carbocycles. The minimum atomic E-state index is 0.0283. The Bertz CT molecular complexity index is 548. The highest BCUT2D eigenvalue weighted by Gasteiger charge is 2.10. The highest BCUT2D eigenvalue weighted by molar-refractivity contribution is 5.52. The molecule has 0 radical (unpaired) electrons. The number of ether oxygens (including phenoxy) is 2. The van der Waals surface area contributed by atoms with Crippen LogP contribution in [0, 0.1) is 0 Å². The van der Waals surface area contributed by atoms with Crippen LogP contribution in [0.15, 0.2) is 36.7 Å². The molecule has 2 N–H and O–H groups in total. The van der Waals surface area contributed by atoms with Crippen molar-refractivity contribution < 1.29 is 14.6 Å². The van der Waals surface area contributed by atoms with Crippen LogP contribution in [0.2, 0.25) is 0 Å². The highest BCUT2D eigenvalue weighted by atomic mass is 16.5. The Hall–Kier alpha value is -2.27. The van der Waals surface area contributed by atoms with Gasteiger partial charge in [-0.1, -0.05) is 0 Å². The van der Waals surface area contributed by atoms with E-state index in [0.717, 1.165) is 18.5 Å². The molecule has 0 atom stereocenters. The number of aromatic hydroxyl groups is 1. The molecule has 1 heterocycles. The maximum atomic E-state index is 9.86. The van der Waals surface area contributed by atoms with E-state index >= 15 is 0 Å². The summed E-state index contributed by atoms with van der Waals surface area (Å²) in [5.41, 5.74) is 2.24. The third-order valence-electron chi connectivity index (χ3n) is 3.21. The average Bonchev–Trinajstić information content (AvgIpc) is 2.53. The molecule has 2 aromatic rings. The molecule has 2 rings (SSSR count). The zero-order valence-corrected chi connectivity index (χ0v) is 12.3. The van der Waals surface area contributed by atoms with Crippen molar-refractivity contribution in [2.75, 3.05) is 20.8 Å². The molecule has 0 amide bonds. The Kier molecular flexibility index (Phi) is 5.40. The minimum absolute atomic E-state index is 0.0283. The van der Waals surface area contributed by atoms with Gasteiger partial charge in [0.05, 0.1) is 14.2 Å². The van der Waals surface area contributed by atoms with E-state index < -0.39 is 0 Å². The first-order valence-electron chi connectivity index (χ1n) is 6.78. The van der Waals surface area contributed by atoms with Crippen LogP contribution < -0.4 is 14.8 Å². The van der Waals surface area contributed by atoms with Crippen molar-refractivity contribution in [2.24, 2.45) is 0 Å². The molecular weight excluding hydrogens is 268 g/mol. The van der Waals surface area contributed by atoms with Crippen LogP contribution >= 0.6 is 0 Å². The lowest BCUT2D eigenvalue weighted by Crippen LogP contribution is -2.16. The summed E-state index contributed by atoms with van der Waals surface area (Å²) >= 11 is 0. The zero-order chi connectivity index (χ0) is 15.1. The molecule has 21 heavy (non-hydrogen) atoms. The van der Waals surface area contributed by atoms with Gasteiger partial charge in [0, 0.05) is 18.9 Å². The lowest BCUT2D eigenvalue weighted by molar-refractivity contribution is 0.339. The summed E-state index contributed by atoms with van der Waals surface area (Å²) in [6, 6.07) is 7.62. The second kappa shape index (κ2) is 7.50. The molecule has 0 bridgehead atoms. The number of pyridine rings is 1. The van der Waals surface area contributed by atoms with E-state index in [-0.39, 0.29) is 5.75 Å². The number of rotatable bonds is 7. The fraction of sp³-hybridized carbons (Fsp3) is 0.312. The van der Waals surface area contributed by atoms with Crippen molar-refractivity contribution in [3.63, 3.8) is 0 Å². The van der Waals surface area contributed by atoms with Gasteiger partial charge in [-0.05, 0) is 48.4 Å². The SMILES string of the molecule is COc1cc(CNCCc2ccncc2)cc(OC)c1O. The van der Waals surface area contributed by atoms with E-state index in [4.69, 9.17) is 9.47 Å². The van der Waals surface area contributed by atoms with Gasteiger partial charge in [-0.2, -0.15) is 0 Å². The van der Waals surface area contributed by atoms with Gasteiger partial charge in [0.15, 0.2) is 11.5 Å². The van der Waals surface area contributed by atoms with Gasteiger partial charge < -0.3 is 19.9 Å². The number of methoxy groups -OCH3 is 2. The van der Waals surface area contributed by atoms with Crippen LogP contribution in [-0.4, -0.2) is 30.9 Å². The fourth-order valence-electron chi connectivity index (χ4n) is 2.06. The summed E-state index contributed by atoms with van der Waals surface area (Å²) in [6.45, 7) is 1.54. The molecule has 0 saturated heterocycles. The summed E-state index contributed by atoms with van der Waals surface area (Å²) in [5.74, 6) is 0.862. The van der Waals surface area contributed by atoms with Gasteiger partial charge in [0.25, 0.3) is 0 Å². The Morgan fingerprint density at radius 3 is 2.24 bits per heavy atom. The predicted molar refractivity (Wildman–Crippen MR) is 80.9 cm³/mol. The van der Waals surface area contributed by atoms with E-state index in [1.54, 1.807) is 24.5 Å². The van der Waals surface area contributed by atoms with Gasteiger partial charge in [-0.3, -0.25) is 4.98 Å². The summed E-state index contributed by atoms with van der Waals surface area (Å²) in [6.07, 6.45) is 4.53. The first-order valence-corrected chi connectivity index (χ1v) is 6.78. The Labute approximate surface area is 124 Å². The van der Waals surface area contributed by atoms with Crippen LogP contribution in [0.25, 0.3) is 0 Å². The summed E-state index contributed by atoms with van der Waals surface area (Å²) in [4.78, 5) is 4.00. The first-order chi connectivity index (χ1) is 10.2. The van der Waals surface area contributed by atoms with E-state index in [9.17, 15) is 5.11 Å².